The topological polar surface area (TPSA) is 381 Å². The number of hydrogen-bond acceptors (Lipinski definition) is 16. The predicted octanol–water partition coefficient (Wildman–Crippen LogP) is 23.4. The highest BCUT2D eigenvalue weighted by atomic mass is 14.4. The van der Waals surface area contributed by atoms with Crippen LogP contribution in [0.15, 0.2) is 146 Å². The predicted molar refractivity (Wildman–Crippen MR) is 464 cm³/mol. The second-order valence-corrected chi connectivity index (χ2v) is 30.0. The van der Waals surface area contributed by atoms with E-state index in [9.17, 15) is 84.2 Å². The average molecular weight is 1520 g/mol. The van der Waals surface area contributed by atoms with E-state index in [-0.39, 0.29) is 0 Å². The van der Waals surface area contributed by atoms with Gasteiger partial charge in [-0.15, -0.1) is 0 Å². The van der Waals surface area contributed by atoms with Crippen LogP contribution >= 0.6 is 0 Å². The first-order valence-corrected chi connectivity index (χ1v) is 37.5. The van der Waals surface area contributed by atoms with Crippen LogP contribution in [0.2, 0.25) is 0 Å². The Morgan fingerprint density at radius 1 is 0.117 bits per heavy atom. The van der Waals surface area contributed by atoms with Crippen LogP contribution in [0.4, 0.5) is 0 Å². The van der Waals surface area contributed by atoms with E-state index in [1.165, 1.54) is 0 Å². The van der Waals surface area contributed by atoms with Crippen LogP contribution < -0.4 is 0 Å². The van der Waals surface area contributed by atoms with E-state index in [4.69, 9.17) is 0 Å². The first-order valence-electron chi connectivity index (χ1n) is 37.5. The molecule has 20 aromatic rings. The lowest BCUT2D eigenvalue weighted by Gasteiger charge is -2.19. The van der Waals surface area contributed by atoms with E-state index < -0.39 is 0 Å². The summed E-state index contributed by atoms with van der Waals surface area (Å²) in [5.41, 5.74) is 14.5. The fraction of sp³-hybridized carbons (Fsp3) is 0.0769. The van der Waals surface area contributed by atoms with Gasteiger partial charge in [0.15, 0.2) is 0 Å². The maximum atomic E-state index is 9.95. The van der Waals surface area contributed by atoms with Crippen LogP contribution in [0.3, 0.4) is 0 Å². The number of nitriles is 16. The largest absolute Gasteiger partial charge is 0.192 e. The number of fused-ring (bicyclic) bond motifs is 8. The van der Waals surface area contributed by atoms with Crippen molar-refractivity contribution in [2.24, 2.45) is 0 Å². The molecular formula is C104H48N16. The number of rotatable bonds is 0. The fourth-order valence-corrected chi connectivity index (χ4v) is 19.3. The highest BCUT2D eigenvalue weighted by molar-refractivity contribution is 6.41. The molecule has 0 atom stereocenters. The Hall–Kier alpha value is -18.6. The fourth-order valence-electron chi connectivity index (χ4n) is 19.3. The van der Waals surface area contributed by atoms with Gasteiger partial charge in [0.2, 0.25) is 0 Å². The van der Waals surface area contributed by atoms with E-state index in [0.717, 1.165) is 195 Å². The highest BCUT2D eigenvalue weighted by Gasteiger charge is 2.30. The third kappa shape index (κ3) is 10.1. The molecule has 0 aliphatic rings. The zero-order valence-electron chi connectivity index (χ0n) is 65.0. The lowest BCUT2D eigenvalue weighted by Crippen LogP contribution is -1.98. The van der Waals surface area contributed by atoms with Gasteiger partial charge in [-0.05, 0) is 227 Å². The standard InChI is InChI=1S/4C26H12N4/c1-13-7-17(11-29)23-24-18(12-30)8-14(2)22-16(10-28)4-6-20(26(22)24)19-5-3-15(9-27)21(13)25(19)23;2*1-13-3-5-19-23-16(10-28)7-14(2)22-17(11-29)8-18(12-30)24(26(22)23)20-6-4-15(9-27)21(13)25(19)20;1-13-3-5-19-20-6-4-14(2)22-16(10-28)8-18(12-30)24(26(20)22)23-17(11-29)7-15(9-27)21(13)25(19)23/h4*3-8H,1-2H3. The van der Waals surface area contributed by atoms with Crippen LogP contribution in [-0.2, 0) is 0 Å². The van der Waals surface area contributed by atoms with Gasteiger partial charge >= 0.3 is 0 Å². The molecule has 0 saturated carbocycles. The molecule has 0 radical (unpaired) electrons. The molecule has 16 nitrogen and oxygen atoms in total. The third-order valence-corrected chi connectivity index (χ3v) is 24.0. The Bertz CT molecular complexity index is 8480. The van der Waals surface area contributed by atoms with E-state index in [0.29, 0.717) is 111 Å². The molecule has 0 unspecified atom stereocenters. The Morgan fingerprint density at radius 3 is 0.492 bits per heavy atom. The second-order valence-electron chi connectivity index (χ2n) is 30.0. The van der Waals surface area contributed by atoms with Crippen LogP contribution in [0, 0.1) is 237 Å². The van der Waals surface area contributed by atoms with Gasteiger partial charge in [-0.1, -0.05) is 72.8 Å². The molecule has 120 heavy (non-hydrogen) atoms. The molecule has 20 rings (SSSR count). The second kappa shape index (κ2) is 27.7. The van der Waals surface area contributed by atoms with Gasteiger partial charge in [0.25, 0.3) is 0 Å². The third-order valence-electron chi connectivity index (χ3n) is 24.0. The molecular weight excluding hydrogens is 1470 g/mol. The summed E-state index contributed by atoms with van der Waals surface area (Å²) >= 11 is 0. The number of aryl methyl sites for hydroxylation is 8. The van der Waals surface area contributed by atoms with Crippen molar-refractivity contribution in [3.63, 3.8) is 0 Å². The first-order chi connectivity index (χ1) is 58.2. The Morgan fingerprint density at radius 2 is 0.267 bits per heavy atom. The molecule has 0 saturated heterocycles. The smallest absolute Gasteiger partial charge is 0.0998 e. The SMILES string of the molecule is Cc1cc(C#N)c2c3c(C#N)cc(C)c4c(C#N)ccc(c5ccc(C#N)c1c52)c43.Cc1ccc2c3c(C#N)cc(C)c4c(C#N)cc(C#N)c(c5ccc(C#N)c1c25)c43.Cc1ccc2c3c(C#N)cc(C)c4c(C#N)cc(C#N)c(c5ccc(C#N)c1c25)c43.Cc1ccc2c3ccc(C)c4c(C#N)cc(C#N)c(c5c(C#N)cc(C#N)c1c25)c43. The van der Waals surface area contributed by atoms with Crippen LogP contribution in [0.1, 0.15) is 134 Å². The number of nitrogens with zero attached hydrogens (tertiary/aromatic N) is 16. The van der Waals surface area contributed by atoms with Crippen LogP contribution in [0.25, 0.3) is 172 Å². The molecule has 0 aromatic heterocycles. The number of benzene rings is 20. The zero-order valence-corrected chi connectivity index (χ0v) is 65.0. The van der Waals surface area contributed by atoms with E-state index in [1.807, 2.05) is 128 Å². The van der Waals surface area contributed by atoms with Gasteiger partial charge in [0, 0.05) is 118 Å². The minimum atomic E-state index is 0.362. The van der Waals surface area contributed by atoms with Crippen molar-refractivity contribution >= 4 is 172 Å². The Labute approximate surface area is 683 Å². The first kappa shape index (κ1) is 74.2. The van der Waals surface area contributed by atoms with Crippen molar-refractivity contribution in [3.8, 4) is 97.1 Å². The minimum Gasteiger partial charge on any atom is -0.192 e. The molecule has 0 aliphatic heterocycles. The Balaban J connectivity index is 0.000000114. The molecule has 20 aromatic carbocycles. The van der Waals surface area contributed by atoms with Gasteiger partial charge < -0.3 is 0 Å². The summed E-state index contributed by atoms with van der Waals surface area (Å²) < 4.78 is 0. The van der Waals surface area contributed by atoms with Crippen molar-refractivity contribution in [1.29, 1.82) is 84.2 Å². The summed E-state index contributed by atoms with van der Waals surface area (Å²) in [5.74, 6) is 0. The number of hydrogen-bond donors (Lipinski definition) is 0. The summed E-state index contributed by atoms with van der Waals surface area (Å²) in [4.78, 5) is 0. The van der Waals surface area contributed by atoms with Crippen LogP contribution in [0.5, 0.6) is 0 Å². The van der Waals surface area contributed by atoms with E-state index in [2.05, 4.69) is 97.1 Å². The van der Waals surface area contributed by atoms with Crippen molar-refractivity contribution in [3.05, 3.63) is 279 Å². The maximum absolute atomic E-state index is 9.95. The monoisotopic (exact) mass is 1520 g/mol. The summed E-state index contributed by atoms with van der Waals surface area (Å²) in [6.07, 6.45) is 0. The highest BCUT2D eigenvalue weighted by Crippen LogP contribution is 2.52. The molecule has 16 heteroatoms. The van der Waals surface area contributed by atoms with Crippen molar-refractivity contribution < 1.29 is 0 Å². The lowest BCUT2D eigenvalue weighted by atomic mass is 9.82. The summed E-state index contributed by atoms with van der Waals surface area (Å²) in [6, 6.07) is 80.4. The molecule has 0 N–H and O–H groups in total. The van der Waals surface area contributed by atoms with E-state index in [1.54, 1.807) is 72.8 Å². The normalized spacial score (nSPS) is 10.9. The molecule has 0 spiro atoms. The van der Waals surface area contributed by atoms with Crippen molar-refractivity contribution in [1.82, 2.24) is 0 Å². The quantitative estimate of drug-likeness (QED) is 0.100. The van der Waals surface area contributed by atoms with Crippen molar-refractivity contribution in [2.45, 2.75) is 55.4 Å². The molecule has 0 bridgehead atoms. The van der Waals surface area contributed by atoms with Crippen molar-refractivity contribution in [2.75, 3.05) is 0 Å². The van der Waals surface area contributed by atoms with Gasteiger partial charge in [-0.3, -0.25) is 0 Å². The van der Waals surface area contributed by atoms with E-state index >= 15 is 0 Å². The minimum absolute atomic E-state index is 0.362. The summed E-state index contributed by atoms with van der Waals surface area (Å²) in [5, 5.41) is 183. The van der Waals surface area contributed by atoms with Gasteiger partial charge in [0.1, 0.15) is 0 Å². The van der Waals surface area contributed by atoms with Gasteiger partial charge in [0.05, 0.1) is 186 Å². The average Bonchev–Trinajstić information content (AvgIpc) is 0.713. The molecule has 0 heterocycles. The Kier molecular flexibility index (Phi) is 17.1. The molecule has 0 aliphatic carbocycles. The molecule has 0 fully saturated rings. The summed E-state index contributed by atoms with van der Waals surface area (Å²) in [7, 11) is 0. The summed E-state index contributed by atoms with van der Waals surface area (Å²) in [6.45, 7) is 15.4. The maximum Gasteiger partial charge on any atom is 0.0998 e. The zero-order chi connectivity index (χ0) is 84.6. The van der Waals surface area contributed by atoms with Gasteiger partial charge in [-0.25, -0.2) is 0 Å². The lowest BCUT2D eigenvalue weighted by molar-refractivity contribution is 1.45. The molecule has 544 valence electrons. The van der Waals surface area contributed by atoms with Gasteiger partial charge in [-0.2, -0.15) is 84.2 Å². The molecule has 0 amide bonds. The van der Waals surface area contributed by atoms with Crippen LogP contribution in [-0.4, -0.2) is 0 Å².